The van der Waals surface area contributed by atoms with Crippen molar-refractivity contribution in [3.8, 4) is 12.3 Å². The lowest BCUT2D eigenvalue weighted by molar-refractivity contribution is 0.698. The summed E-state index contributed by atoms with van der Waals surface area (Å²) in [4.78, 5) is 0. The van der Waals surface area contributed by atoms with E-state index in [-0.39, 0.29) is 6.04 Å². The van der Waals surface area contributed by atoms with Crippen molar-refractivity contribution in [2.45, 2.75) is 19.4 Å². The zero-order chi connectivity index (χ0) is 8.97. The first-order valence-electron chi connectivity index (χ1n) is 4.10. The number of rotatable bonds is 2. The fourth-order valence-electron chi connectivity index (χ4n) is 1.09. The number of nitrogens with two attached hydrogens (primary N) is 1. The third-order valence-electron chi connectivity index (χ3n) is 1.92. The summed E-state index contributed by atoms with van der Waals surface area (Å²) in [5, 5.41) is 0. The molecule has 62 valence electrons. The summed E-state index contributed by atoms with van der Waals surface area (Å²) < 4.78 is 0. The number of hydrogen-bond donors (Lipinski definition) is 1. The van der Waals surface area contributed by atoms with E-state index in [1.165, 1.54) is 0 Å². The highest BCUT2D eigenvalue weighted by atomic mass is 14.6. The first-order valence-corrected chi connectivity index (χ1v) is 4.10. The van der Waals surface area contributed by atoms with Crippen molar-refractivity contribution in [2.24, 2.45) is 5.73 Å². The van der Waals surface area contributed by atoms with Crippen molar-refractivity contribution >= 4 is 0 Å². The highest BCUT2D eigenvalue weighted by Crippen LogP contribution is 2.14. The van der Waals surface area contributed by atoms with Crippen LogP contribution < -0.4 is 5.73 Å². The van der Waals surface area contributed by atoms with Gasteiger partial charge in [0.05, 0.1) is 0 Å². The van der Waals surface area contributed by atoms with Crippen molar-refractivity contribution in [1.82, 2.24) is 0 Å². The van der Waals surface area contributed by atoms with Crippen LogP contribution in [0.4, 0.5) is 0 Å². The topological polar surface area (TPSA) is 26.0 Å². The Bertz CT molecular complexity index is 296. The van der Waals surface area contributed by atoms with Crippen LogP contribution in [0, 0.1) is 12.3 Å². The van der Waals surface area contributed by atoms with Crippen LogP contribution in [0.3, 0.4) is 0 Å². The Morgan fingerprint density at radius 2 is 2.33 bits per heavy atom. The molecule has 0 saturated heterocycles. The molecular weight excluding hydrogens is 146 g/mol. The van der Waals surface area contributed by atoms with Crippen molar-refractivity contribution in [3.63, 3.8) is 0 Å². The molecular formula is C11H13N. The Labute approximate surface area is 73.6 Å². The second-order valence-corrected chi connectivity index (χ2v) is 2.78. The fraction of sp³-hybridized carbons (Fsp3) is 0.273. The maximum atomic E-state index is 5.85. The summed E-state index contributed by atoms with van der Waals surface area (Å²) in [5.74, 6) is 2.59. The van der Waals surface area contributed by atoms with E-state index >= 15 is 0 Å². The van der Waals surface area contributed by atoms with Crippen molar-refractivity contribution < 1.29 is 0 Å². The largest absolute Gasteiger partial charge is 0.324 e. The van der Waals surface area contributed by atoms with Crippen molar-refractivity contribution in [1.29, 1.82) is 0 Å². The van der Waals surface area contributed by atoms with Gasteiger partial charge in [-0.1, -0.05) is 25.0 Å². The number of hydrogen-bond acceptors (Lipinski definition) is 1. The SMILES string of the molecule is C#Cc1cccc([C@@H](N)CC)c1. The summed E-state index contributed by atoms with van der Waals surface area (Å²) in [7, 11) is 0. The lowest BCUT2D eigenvalue weighted by Crippen LogP contribution is -2.08. The summed E-state index contributed by atoms with van der Waals surface area (Å²) in [6, 6.07) is 7.94. The molecule has 0 aromatic heterocycles. The van der Waals surface area contributed by atoms with Gasteiger partial charge in [-0.15, -0.1) is 6.42 Å². The fourth-order valence-corrected chi connectivity index (χ4v) is 1.09. The average molecular weight is 159 g/mol. The third-order valence-corrected chi connectivity index (χ3v) is 1.92. The van der Waals surface area contributed by atoms with Crippen molar-refractivity contribution in [2.75, 3.05) is 0 Å². The van der Waals surface area contributed by atoms with Crippen LogP contribution >= 0.6 is 0 Å². The van der Waals surface area contributed by atoms with Crippen LogP contribution in [0.25, 0.3) is 0 Å². The Morgan fingerprint density at radius 1 is 1.58 bits per heavy atom. The van der Waals surface area contributed by atoms with Gasteiger partial charge in [0.2, 0.25) is 0 Å². The van der Waals surface area contributed by atoms with Gasteiger partial charge in [-0.2, -0.15) is 0 Å². The van der Waals surface area contributed by atoms with Gasteiger partial charge in [-0.25, -0.2) is 0 Å². The van der Waals surface area contributed by atoms with E-state index in [0.717, 1.165) is 17.5 Å². The van der Waals surface area contributed by atoms with Gasteiger partial charge in [0.25, 0.3) is 0 Å². The monoisotopic (exact) mass is 159 g/mol. The van der Waals surface area contributed by atoms with Gasteiger partial charge < -0.3 is 5.73 Å². The maximum Gasteiger partial charge on any atom is 0.0292 e. The second kappa shape index (κ2) is 3.94. The zero-order valence-corrected chi connectivity index (χ0v) is 7.25. The third kappa shape index (κ3) is 1.87. The molecule has 0 amide bonds. The van der Waals surface area contributed by atoms with Gasteiger partial charge in [0, 0.05) is 11.6 Å². The Morgan fingerprint density at radius 3 is 2.92 bits per heavy atom. The molecule has 1 aromatic rings. The molecule has 2 N–H and O–H groups in total. The standard InChI is InChI=1S/C11H13N/c1-3-9-6-5-7-10(8-9)11(12)4-2/h1,5-8,11H,4,12H2,2H3/t11-/m0/s1. The molecule has 0 radical (unpaired) electrons. The molecule has 0 aliphatic carbocycles. The van der Waals surface area contributed by atoms with Gasteiger partial charge in [0.1, 0.15) is 0 Å². The molecule has 1 aromatic carbocycles. The van der Waals surface area contributed by atoms with Crippen LogP contribution in [0.1, 0.15) is 30.5 Å². The molecule has 0 aliphatic heterocycles. The van der Waals surface area contributed by atoms with Gasteiger partial charge in [-0.3, -0.25) is 0 Å². The summed E-state index contributed by atoms with van der Waals surface area (Å²) in [6.07, 6.45) is 6.21. The molecule has 0 bridgehead atoms. The minimum absolute atomic E-state index is 0.110. The molecule has 1 atom stereocenters. The van der Waals surface area contributed by atoms with Crippen LogP contribution in [-0.4, -0.2) is 0 Å². The van der Waals surface area contributed by atoms with E-state index < -0.39 is 0 Å². The molecule has 12 heavy (non-hydrogen) atoms. The molecule has 1 nitrogen and oxygen atoms in total. The van der Waals surface area contributed by atoms with Gasteiger partial charge in [-0.05, 0) is 24.1 Å². The zero-order valence-electron chi connectivity index (χ0n) is 7.25. The first kappa shape index (κ1) is 8.83. The highest BCUT2D eigenvalue weighted by molar-refractivity contribution is 5.36. The Kier molecular flexibility index (Phi) is 2.90. The second-order valence-electron chi connectivity index (χ2n) is 2.78. The molecule has 0 saturated carbocycles. The highest BCUT2D eigenvalue weighted by Gasteiger charge is 2.01. The summed E-state index contributed by atoms with van der Waals surface area (Å²) in [5.41, 5.74) is 7.87. The lowest BCUT2D eigenvalue weighted by Gasteiger charge is -2.08. The van der Waals surface area contributed by atoms with E-state index in [9.17, 15) is 0 Å². The van der Waals surface area contributed by atoms with E-state index in [4.69, 9.17) is 12.2 Å². The quantitative estimate of drug-likeness (QED) is 0.657. The average Bonchev–Trinajstić information content (AvgIpc) is 2.17. The molecule has 0 aliphatic rings. The van der Waals surface area contributed by atoms with E-state index in [0.29, 0.717) is 0 Å². The van der Waals surface area contributed by atoms with E-state index in [1.54, 1.807) is 0 Å². The van der Waals surface area contributed by atoms with Crippen molar-refractivity contribution in [3.05, 3.63) is 35.4 Å². The lowest BCUT2D eigenvalue weighted by atomic mass is 10.0. The van der Waals surface area contributed by atoms with Gasteiger partial charge in [0.15, 0.2) is 0 Å². The van der Waals surface area contributed by atoms with Gasteiger partial charge >= 0.3 is 0 Å². The summed E-state index contributed by atoms with van der Waals surface area (Å²) in [6.45, 7) is 2.06. The van der Waals surface area contributed by atoms with Crippen LogP contribution in [0.2, 0.25) is 0 Å². The predicted octanol–water partition coefficient (Wildman–Crippen LogP) is 2.08. The first-order chi connectivity index (χ1) is 5.77. The minimum Gasteiger partial charge on any atom is -0.324 e. The maximum absolute atomic E-state index is 5.85. The van der Waals surface area contributed by atoms with Crippen LogP contribution in [0.15, 0.2) is 24.3 Å². The predicted molar refractivity (Wildman–Crippen MR) is 51.6 cm³/mol. The molecule has 0 spiro atoms. The molecule has 1 rings (SSSR count). The Hall–Kier alpha value is -1.26. The number of benzene rings is 1. The van der Waals surface area contributed by atoms with Crippen LogP contribution in [-0.2, 0) is 0 Å². The minimum atomic E-state index is 0.110. The molecule has 0 fully saturated rings. The Balaban J connectivity index is 2.95. The molecule has 0 unspecified atom stereocenters. The number of terminal acetylenes is 1. The smallest absolute Gasteiger partial charge is 0.0292 e. The molecule has 0 heterocycles. The van der Waals surface area contributed by atoms with E-state index in [1.807, 2.05) is 24.3 Å². The van der Waals surface area contributed by atoms with E-state index in [2.05, 4.69) is 12.8 Å². The van der Waals surface area contributed by atoms with Crippen LogP contribution in [0.5, 0.6) is 0 Å². The molecule has 1 heteroatoms. The summed E-state index contributed by atoms with van der Waals surface area (Å²) >= 11 is 0. The normalized spacial score (nSPS) is 12.1.